The highest BCUT2D eigenvalue weighted by Crippen LogP contribution is 2.31. The van der Waals surface area contributed by atoms with Crippen molar-refractivity contribution in [1.82, 2.24) is 10.2 Å². The van der Waals surface area contributed by atoms with Gasteiger partial charge in [0.25, 0.3) is 5.91 Å². The Morgan fingerprint density at radius 3 is 2.68 bits per heavy atom. The number of likely N-dealkylation sites (tertiary alicyclic amines) is 1. The molecule has 9 heteroatoms. The topological polar surface area (TPSA) is 75.7 Å². The van der Waals surface area contributed by atoms with E-state index in [1.807, 2.05) is 5.38 Å². The Labute approximate surface area is 183 Å². The van der Waals surface area contributed by atoms with Crippen molar-refractivity contribution in [3.63, 3.8) is 0 Å². The van der Waals surface area contributed by atoms with Gasteiger partial charge in [-0.3, -0.25) is 14.4 Å². The molecule has 28 heavy (non-hydrogen) atoms. The highest BCUT2D eigenvalue weighted by molar-refractivity contribution is 7.59. The SMILES string of the molecule is O=C(N[C@@H](CC1CCCC1)C(=O)N1CC[C@H]2OCC(=O)[C@H]21)c1ccsc1.S.S. The van der Waals surface area contributed by atoms with Crippen molar-refractivity contribution < 1.29 is 19.1 Å². The second-order valence-corrected chi connectivity index (χ2v) is 8.29. The van der Waals surface area contributed by atoms with E-state index in [2.05, 4.69) is 5.32 Å². The molecule has 1 aromatic heterocycles. The van der Waals surface area contributed by atoms with Crippen molar-refractivity contribution in [2.45, 2.75) is 56.7 Å². The molecule has 6 nitrogen and oxygen atoms in total. The Bertz CT molecular complexity index is 691. The van der Waals surface area contributed by atoms with E-state index in [9.17, 15) is 14.4 Å². The predicted molar refractivity (Wildman–Crippen MR) is 118 cm³/mol. The molecule has 2 amide bonds. The van der Waals surface area contributed by atoms with E-state index >= 15 is 0 Å². The van der Waals surface area contributed by atoms with Gasteiger partial charge in [0.15, 0.2) is 5.78 Å². The van der Waals surface area contributed by atoms with Crippen LogP contribution in [0.15, 0.2) is 16.8 Å². The number of carbonyl (C=O) groups is 3. The maximum Gasteiger partial charge on any atom is 0.252 e. The zero-order chi connectivity index (χ0) is 18.1. The standard InChI is InChI=1S/C19H24N2O4S.2H2S/c22-15-10-25-16-5-7-21(17(15)16)19(24)14(9-12-3-1-2-4-12)20-18(23)13-6-8-26-11-13;;/h6,8,11-12,14,16-17H,1-5,7,9-10H2,(H,20,23);2*1H2/t14-,16+,17+;;/m0../s1. The summed E-state index contributed by atoms with van der Waals surface area (Å²) in [5.74, 6) is 0.0875. The van der Waals surface area contributed by atoms with Crippen LogP contribution in [0.1, 0.15) is 48.9 Å². The molecular formula is C19H28N2O4S3. The van der Waals surface area contributed by atoms with E-state index in [1.165, 1.54) is 24.2 Å². The lowest BCUT2D eigenvalue weighted by Gasteiger charge is -2.29. The molecule has 156 valence electrons. The Balaban J connectivity index is 0.00000140. The molecular weight excluding hydrogens is 416 g/mol. The van der Waals surface area contributed by atoms with Crippen LogP contribution in [-0.4, -0.2) is 53.8 Å². The van der Waals surface area contributed by atoms with E-state index in [-0.39, 0.29) is 57.3 Å². The Hall–Kier alpha value is -1.03. The number of rotatable bonds is 5. The smallest absolute Gasteiger partial charge is 0.252 e. The highest BCUT2D eigenvalue weighted by atomic mass is 32.1. The zero-order valence-electron chi connectivity index (χ0n) is 15.7. The second-order valence-electron chi connectivity index (χ2n) is 7.51. The van der Waals surface area contributed by atoms with Crippen LogP contribution in [0.5, 0.6) is 0 Å². The monoisotopic (exact) mass is 444 g/mol. The quantitative estimate of drug-likeness (QED) is 0.756. The molecule has 1 saturated carbocycles. The molecule has 4 rings (SSSR count). The number of carbonyl (C=O) groups excluding carboxylic acids is 3. The number of ketones is 1. The van der Waals surface area contributed by atoms with Gasteiger partial charge in [0.1, 0.15) is 18.7 Å². The normalized spacial score (nSPS) is 25.0. The van der Waals surface area contributed by atoms with E-state index < -0.39 is 12.1 Å². The fourth-order valence-corrected chi connectivity index (χ4v) is 5.11. The molecule has 0 radical (unpaired) electrons. The zero-order valence-corrected chi connectivity index (χ0v) is 18.5. The van der Waals surface area contributed by atoms with Crippen LogP contribution >= 0.6 is 38.3 Å². The van der Waals surface area contributed by atoms with Crippen molar-refractivity contribution >= 4 is 55.9 Å². The number of amides is 2. The summed E-state index contributed by atoms with van der Waals surface area (Å²) in [6, 6.07) is 0.724. The molecule has 3 atom stereocenters. The summed E-state index contributed by atoms with van der Waals surface area (Å²) in [6.07, 6.45) is 5.74. The van der Waals surface area contributed by atoms with Gasteiger partial charge in [-0.2, -0.15) is 38.3 Å². The maximum absolute atomic E-state index is 13.2. The van der Waals surface area contributed by atoms with Crippen LogP contribution in [-0.2, 0) is 14.3 Å². The lowest BCUT2D eigenvalue weighted by molar-refractivity contribution is -0.138. The molecule has 0 unspecified atom stereocenters. The molecule has 0 spiro atoms. The van der Waals surface area contributed by atoms with Crippen LogP contribution in [0, 0.1) is 5.92 Å². The van der Waals surface area contributed by atoms with Crippen molar-refractivity contribution in [1.29, 1.82) is 0 Å². The number of Topliss-reactive ketones (excluding diaryl/α,β-unsaturated/α-hetero) is 1. The first-order chi connectivity index (χ1) is 12.6. The number of fused-ring (bicyclic) bond motifs is 1. The minimum Gasteiger partial charge on any atom is -0.368 e. The van der Waals surface area contributed by atoms with Gasteiger partial charge in [-0.1, -0.05) is 25.7 Å². The summed E-state index contributed by atoms with van der Waals surface area (Å²) in [5.41, 5.74) is 0.582. The minimum atomic E-state index is -0.572. The first-order valence-corrected chi connectivity index (χ1v) is 10.4. The molecule has 2 saturated heterocycles. The number of nitrogens with zero attached hydrogens (tertiary/aromatic N) is 1. The highest BCUT2D eigenvalue weighted by Gasteiger charge is 2.48. The van der Waals surface area contributed by atoms with Crippen LogP contribution in [0.3, 0.4) is 0 Å². The van der Waals surface area contributed by atoms with Gasteiger partial charge in [-0.05, 0) is 30.2 Å². The summed E-state index contributed by atoms with van der Waals surface area (Å²) < 4.78 is 5.49. The summed E-state index contributed by atoms with van der Waals surface area (Å²) in [4.78, 5) is 39.6. The maximum atomic E-state index is 13.2. The van der Waals surface area contributed by atoms with Crippen molar-refractivity contribution in [2.24, 2.45) is 5.92 Å². The number of hydrogen-bond donors (Lipinski definition) is 1. The van der Waals surface area contributed by atoms with Gasteiger partial charge in [-0.15, -0.1) is 0 Å². The number of ether oxygens (including phenoxy) is 1. The average Bonchev–Trinajstić information content (AvgIpc) is 3.41. The average molecular weight is 445 g/mol. The van der Waals surface area contributed by atoms with Crippen molar-refractivity contribution in [3.05, 3.63) is 22.4 Å². The molecule has 0 aromatic carbocycles. The number of nitrogens with one attached hydrogen (secondary N) is 1. The van der Waals surface area contributed by atoms with Gasteiger partial charge < -0.3 is 15.0 Å². The number of thiophene rings is 1. The van der Waals surface area contributed by atoms with Crippen molar-refractivity contribution in [2.75, 3.05) is 13.2 Å². The fraction of sp³-hybridized carbons (Fsp3) is 0.632. The van der Waals surface area contributed by atoms with Gasteiger partial charge in [-0.25, -0.2) is 0 Å². The van der Waals surface area contributed by atoms with Crippen LogP contribution in [0.25, 0.3) is 0 Å². The molecule has 3 fully saturated rings. The third kappa shape index (κ3) is 4.75. The largest absolute Gasteiger partial charge is 0.368 e. The van der Waals surface area contributed by atoms with Crippen LogP contribution < -0.4 is 5.32 Å². The van der Waals surface area contributed by atoms with Gasteiger partial charge >= 0.3 is 0 Å². The summed E-state index contributed by atoms with van der Waals surface area (Å²) in [7, 11) is 0. The lowest BCUT2D eigenvalue weighted by atomic mass is 9.96. The van der Waals surface area contributed by atoms with Crippen LogP contribution in [0.4, 0.5) is 0 Å². The molecule has 1 aliphatic carbocycles. The lowest BCUT2D eigenvalue weighted by Crippen LogP contribution is -2.52. The molecule has 1 aromatic rings. The Kier molecular flexibility index (Phi) is 8.42. The summed E-state index contributed by atoms with van der Waals surface area (Å²) >= 11 is 1.46. The summed E-state index contributed by atoms with van der Waals surface area (Å²) in [6.45, 7) is 0.614. The van der Waals surface area contributed by atoms with E-state index in [4.69, 9.17) is 4.74 Å². The molecule has 3 aliphatic rings. The summed E-state index contributed by atoms with van der Waals surface area (Å²) in [5, 5.41) is 6.58. The van der Waals surface area contributed by atoms with Gasteiger partial charge in [0, 0.05) is 11.9 Å². The second kappa shape index (κ2) is 10.1. The predicted octanol–water partition coefficient (Wildman–Crippen LogP) is 2.22. The first kappa shape index (κ1) is 23.3. The van der Waals surface area contributed by atoms with E-state index in [0.29, 0.717) is 30.9 Å². The number of hydrogen-bond acceptors (Lipinski definition) is 5. The molecule has 1 N–H and O–H groups in total. The van der Waals surface area contributed by atoms with Crippen molar-refractivity contribution in [3.8, 4) is 0 Å². The Morgan fingerprint density at radius 1 is 1.25 bits per heavy atom. The van der Waals surface area contributed by atoms with E-state index in [1.54, 1.807) is 16.3 Å². The third-order valence-electron chi connectivity index (χ3n) is 5.83. The molecule has 3 heterocycles. The minimum absolute atomic E-state index is 0. The fourth-order valence-electron chi connectivity index (χ4n) is 4.48. The Morgan fingerprint density at radius 2 is 2.00 bits per heavy atom. The molecule has 0 bridgehead atoms. The third-order valence-corrected chi connectivity index (χ3v) is 6.51. The van der Waals surface area contributed by atoms with E-state index in [0.717, 1.165) is 12.8 Å². The van der Waals surface area contributed by atoms with Gasteiger partial charge in [0.05, 0.1) is 11.7 Å². The molecule has 2 aliphatic heterocycles. The first-order valence-electron chi connectivity index (χ1n) is 9.41. The van der Waals surface area contributed by atoms with Crippen LogP contribution in [0.2, 0.25) is 0 Å². The van der Waals surface area contributed by atoms with Gasteiger partial charge in [0.2, 0.25) is 5.91 Å².